The third-order valence-electron chi connectivity index (χ3n) is 9.64. The minimum Gasteiger partial charge on any atom is -0.382 e. The van der Waals surface area contributed by atoms with Crippen molar-refractivity contribution in [2.24, 2.45) is 0 Å². The summed E-state index contributed by atoms with van der Waals surface area (Å²) < 4.78 is 1.91. The maximum absolute atomic E-state index is 10.9. The van der Waals surface area contributed by atoms with Gasteiger partial charge in [-0.25, -0.2) is 0 Å². The minimum absolute atomic E-state index is 0.201. The summed E-state index contributed by atoms with van der Waals surface area (Å²) in [6, 6.07) is 0. The molecule has 42 heavy (non-hydrogen) atoms. The molecule has 0 bridgehead atoms. The molecule has 0 heterocycles. The first-order chi connectivity index (χ1) is 20.2. The molecule has 0 aliphatic carbocycles. The average molecular weight is 597 g/mol. The molecule has 3 heteroatoms. The van der Waals surface area contributed by atoms with Gasteiger partial charge in [0.1, 0.15) is 13.1 Å². The predicted octanol–water partition coefficient (Wildman–Crippen LogP) is 11.5. The molecule has 1 N–H and O–H groups in total. The molecule has 0 spiro atoms. The largest absolute Gasteiger partial charge is 0.382 e. The summed E-state index contributed by atoms with van der Waals surface area (Å²) in [4.78, 5) is 0. The summed E-state index contributed by atoms with van der Waals surface area (Å²) in [5.74, 6) is 0. The topological polar surface area (TPSA) is 20.2 Å². The van der Waals surface area contributed by atoms with Crippen LogP contribution >= 0.6 is 0 Å². The third-order valence-corrected chi connectivity index (χ3v) is 9.64. The quantitative estimate of drug-likeness (QED) is 0.0578. The summed E-state index contributed by atoms with van der Waals surface area (Å²) >= 11 is 0. The van der Waals surface area contributed by atoms with E-state index in [1.165, 1.54) is 193 Å². The van der Waals surface area contributed by atoms with Crippen molar-refractivity contribution in [3.05, 3.63) is 0 Å². The molecule has 0 radical (unpaired) electrons. The van der Waals surface area contributed by atoms with Crippen LogP contribution in [0.2, 0.25) is 0 Å². The molecule has 0 unspecified atom stereocenters. The van der Waals surface area contributed by atoms with E-state index in [2.05, 4.69) is 42.0 Å². The zero-order valence-corrected chi connectivity index (χ0v) is 30.5. The second kappa shape index (κ2) is 29.6. The molecular formula is C39H84N2O+2. The van der Waals surface area contributed by atoms with E-state index in [9.17, 15) is 5.11 Å². The molecule has 0 aliphatic rings. The third kappa shape index (κ3) is 31.3. The number of likely N-dealkylation sites (N-methyl/N-ethyl adjacent to an activating group) is 2. The Balaban J connectivity index is 3.66. The standard InChI is InChI=1S/C39H84N2O/c1-7-9-11-13-15-17-19-21-23-25-27-29-31-33-35-40(3,4)37-39(42)38-41(5,6)36-34-32-30-28-26-24-22-20-18-16-14-12-10-8-2/h39,42H,7-38H2,1-6H3/q+2. The number of hydrogen-bond acceptors (Lipinski definition) is 1. The smallest absolute Gasteiger partial charge is 0.152 e. The van der Waals surface area contributed by atoms with Crippen LogP contribution in [0.4, 0.5) is 0 Å². The Labute approximate surface area is 267 Å². The molecule has 0 saturated heterocycles. The Morgan fingerprint density at radius 2 is 0.524 bits per heavy atom. The molecule has 0 aliphatic heterocycles. The van der Waals surface area contributed by atoms with Crippen molar-refractivity contribution in [1.82, 2.24) is 0 Å². The SMILES string of the molecule is CCCCCCCCCCCCCCCC[N+](C)(C)CC(O)C[N+](C)(C)CCCCCCCCCCCCCCCC. The highest BCUT2D eigenvalue weighted by Gasteiger charge is 2.26. The Hall–Kier alpha value is -0.120. The zero-order chi connectivity index (χ0) is 31.2. The number of hydrogen-bond donors (Lipinski definition) is 1. The Kier molecular flexibility index (Phi) is 29.5. The van der Waals surface area contributed by atoms with Gasteiger partial charge in [-0.2, -0.15) is 0 Å². The van der Waals surface area contributed by atoms with Crippen LogP contribution in [0.1, 0.15) is 194 Å². The fraction of sp³-hybridized carbons (Fsp3) is 1.00. The zero-order valence-electron chi connectivity index (χ0n) is 30.5. The van der Waals surface area contributed by atoms with E-state index in [0.29, 0.717) is 0 Å². The van der Waals surface area contributed by atoms with Gasteiger partial charge in [0.2, 0.25) is 0 Å². The van der Waals surface area contributed by atoms with Crippen LogP contribution in [0, 0.1) is 0 Å². The molecule has 0 rings (SSSR count). The first kappa shape index (κ1) is 41.9. The lowest BCUT2D eigenvalue weighted by Crippen LogP contribution is -2.53. The van der Waals surface area contributed by atoms with Gasteiger partial charge < -0.3 is 14.1 Å². The molecule has 0 saturated carbocycles. The maximum Gasteiger partial charge on any atom is 0.152 e. The van der Waals surface area contributed by atoms with Crippen LogP contribution in [0.3, 0.4) is 0 Å². The average Bonchev–Trinajstić information content (AvgIpc) is 2.92. The Morgan fingerprint density at radius 1 is 0.333 bits per heavy atom. The monoisotopic (exact) mass is 597 g/mol. The highest BCUT2D eigenvalue weighted by Crippen LogP contribution is 2.16. The highest BCUT2D eigenvalue weighted by molar-refractivity contribution is 4.56. The molecule has 0 aromatic carbocycles. The Bertz CT molecular complexity index is 486. The van der Waals surface area contributed by atoms with Gasteiger partial charge in [0, 0.05) is 0 Å². The number of aliphatic hydroxyl groups is 1. The van der Waals surface area contributed by atoms with Gasteiger partial charge >= 0.3 is 0 Å². The first-order valence-electron chi connectivity index (χ1n) is 19.5. The summed E-state index contributed by atoms with van der Waals surface area (Å²) in [5.41, 5.74) is 0. The molecule has 0 aromatic rings. The van der Waals surface area contributed by atoms with Gasteiger partial charge in [-0.3, -0.25) is 0 Å². The summed E-state index contributed by atoms with van der Waals surface area (Å²) in [5, 5.41) is 10.9. The number of rotatable bonds is 34. The highest BCUT2D eigenvalue weighted by atomic mass is 16.3. The van der Waals surface area contributed by atoms with Gasteiger partial charge in [0.05, 0.1) is 41.3 Å². The molecule has 254 valence electrons. The Morgan fingerprint density at radius 3 is 0.738 bits per heavy atom. The van der Waals surface area contributed by atoms with E-state index >= 15 is 0 Å². The molecular weight excluding hydrogens is 512 g/mol. The van der Waals surface area contributed by atoms with Crippen molar-refractivity contribution < 1.29 is 14.1 Å². The van der Waals surface area contributed by atoms with Crippen LogP contribution in [0.15, 0.2) is 0 Å². The fourth-order valence-corrected chi connectivity index (χ4v) is 6.85. The predicted molar refractivity (Wildman–Crippen MR) is 190 cm³/mol. The number of aliphatic hydroxyl groups excluding tert-OH is 1. The molecule has 0 amide bonds. The van der Waals surface area contributed by atoms with Crippen molar-refractivity contribution in [3.8, 4) is 0 Å². The normalized spacial score (nSPS) is 12.6. The van der Waals surface area contributed by atoms with Crippen molar-refractivity contribution in [3.63, 3.8) is 0 Å². The van der Waals surface area contributed by atoms with Crippen molar-refractivity contribution >= 4 is 0 Å². The number of unbranched alkanes of at least 4 members (excludes halogenated alkanes) is 26. The van der Waals surface area contributed by atoms with Crippen LogP contribution < -0.4 is 0 Å². The van der Waals surface area contributed by atoms with E-state index in [4.69, 9.17) is 0 Å². The van der Waals surface area contributed by atoms with Crippen LogP contribution in [-0.4, -0.2) is 74.5 Å². The van der Waals surface area contributed by atoms with Gasteiger partial charge in [0.15, 0.2) is 6.10 Å². The van der Waals surface area contributed by atoms with Crippen LogP contribution in [0.25, 0.3) is 0 Å². The molecule has 0 aromatic heterocycles. The number of quaternary nitrogens is 2. The van der Waals surface area contributed by atoms with Crippen molar-refractivity contribution in [2.75, 3.05) is 54.4 Å². The van der Waals surface area contributed by atoms with Gasteiger partial charge in [0.25, 0.3) is 0 Å². The van der Waals surface area contributed by atoms with E-state index in [-0.39, 0.29) is 6.10 Å². The molecule has 0 fully saturated rings. The number of nitrogens with zero attached hydrogens (tertiary/aromatic N) is 2. The van der Waals surface area contributed by atoms with Crippen molar-refractivity contribution in [2.45, 2.75) is 200 Å². The first-order valence-corrected chi connectivity index (χ1v) is 19.5. The van der Waals surface area contributed by atoms with Gasteiger partial charge in [-0.1, -0.05) is 168 Å². The molecule has 0 atom stereocenters. The minimum atomic E-state index is -0.201. The van der Waals surface area contributed by atoms with Gasteiger partial charge in [-0.05, 0) is 25.7 Å². The lowest BCUT2D eigenvalue weighted by Gasteiger charge is -2.36. The summed E-state index contributed by atoms with van der Waals surface area (Å²) in [6.07, 6.45) is 39.5. The van der Waals surface area contributed by atoms with Crippen LogP contribution in [0.5, 0.6) is 0 Å². The second-order valence-electron chi connectivity index (χ2n) is 15.5. The lowest BCUT2D eigenvalue weighted by atomic mass is 10.0. The maximum atomic E-state index is 10.9. The van der Waals surface area contributed by atoms with E-state index in [1.54, 1.807) is 0 Å². The van der Waals surface area contributed by atoms with E-state index < -0.39 is 0 Å². The van der Waals surface area contributed by atoms with E-state index in [0.717, 1.165) is 22.1 Å². The van der Waals surface area contributed by atoms with Crippen molar-refractivity contribution in [1.29, 1.82) is 0 Å². The lowest BCUT2D eigenvalue weighted by molar-refractivity contribution is -0.914. The molecule has 3 nitrogen and oxygen atoms in total. The fourth-order valence-electron chi connectivity index (χ4n) is 6.85. The summed E-state index contributed by atoms with van der Waals surface area (Å²) in [6.45, 7) is 8.77. The van der Waals surface area contributed by atoms with Gasteiger partial charge in [-0.15, -0.1) is 0 Å². The summed E-state index contributed by atoms with van der Waals surface area (Å²) in [7, 11) is 9.27. The van der Waals surface area contributed by atoms with E-state index in [1.807, 2.05) is 0 Å². The second-order valence-corrected chi connectivity index (χ2v) is 15.5. The van der Waals surface area contributed by atoms with Crippen LogP contribution in [-0.2, 0) is 0 Å².